The minimum atomic E-state index is -0.114. The number of carbonyl (C=O) groups excluding carboxylic acids is 1. The number of aromatic nitrogens is 2. The van der Waals surface area contributed by atoms with E-state index in [1.807, 2.05) is 53.8 Å². The molecular formula is C19H21N3O3. The van der Waals surface area contributed by atoms with Crippen molar-refractivity contribution in [2.24, 2.45) is 7.05 Å². The largest absolute Gasteiger partial charge is 0.451 e. The number of carbonyl (C=O) groups is 1. The van der Waals surface area contributed by atoms with Crippen molar-refractivity contribution in [1.82, 2.24) is 14.5 Å². The Morgan fingerprint density at radius 3 is 3.04 bits per heavy atom. The number of furan rings is 1. The molecule has 130 valence electrons. The number of benzene rings is 1. The number of amides is 1. The first-order valence-electron chi connectivity index (χ1n) is 8.53. The van der Waals surface area contributed by atoms with Crippen LogP contribution < -0.4 is 0 Å². The van der Waals surface area contributed by atoms with E-state index in [-0.39, 0.29) is 11.9 Å². The second kappa shape index (κ2) is 6.37. The molecule has 0 N–H and O–H groups in total. The van der Waals surface area contributed by atoms with Gasteiger partial charge >= 0.3 is 0 Å². The Bertz CT molecular complexity index is 879. The lowest BCUT2D eigenvalue weighted by Gasteiger charge is -2.34. The molecule has 4 rings (SSSR count). The van der Waals surface area contributed by atoms with Crippen molar-refractivity contribution in [3.63, 3.8) is 0 Å². The van der Waals surface area contributed by atoms with Crippen molar-refractivity contribution >= 4 is 16.9 Å². The monoisotopic (exact) mass is 339 g/mol. The first kappa shape index (κ1) is 15.9. The maximum absolute atomic E-state index is 13.1. The summed E-state index contributed by atoms with van der Waals surface area (Å²) < 4.78 is 13.4. The minimum absolute atomic E-state index is 0.0245. The highest BCUT2D eigenvalue weighted by Gasteiger charge is 2.34. The lowest BCUT2D eigenvalue weighted by Crippen LogP contribution is -2.47. The first-order valence-corrected chi connectivity index (χ1v) is 8.53. The second-order valence-electron chi connectivity index (χ2n) is 6.35. The number of para-hydroxylation sites is 1. The van der Waals surface area contributed by atoms with Gasteiger partial charge in [0.05, 0.1) is 31.2 Å². The van der Waals surface area contributed by atoms with E-state index in [1.165, 1.54) is 5.69 Å². The van der Waals surface area contributed by atoms with Crippen LogP contribution in [0.1, 0.15) is 28.9 Å². The molecular weight excluding hydrogens is 318 g/mol. The zero-order valence-corrected chi connectivity index (χ0v) is 14.4. The Labute approximate surface area is 146 Å². The number of hydrogen-bond acceptors (Lipinski definition) is 4. The zero-order valence-electron chi connectivity index (χ0n) is 14.4. The van der Waals surface area contributed by atoms with Gasteiger partial charge in [-0.1, -0.05) is 18.2 Å². The smallest absolute Gasteiger partial charge is 0.290 e. The molecule has 0 saturated heterocycles. The number of hydrogen-bond donors (Lipinski definition) is 0. The summed E-state index contributed by atoms with van der Waals surface area (Å²) in [6, 6.07) is 9.44. The van der Waals surface area contributed by atoms with Crippen molar-refractivity contribution in [2.45, 2.75) is 25.9 Å². The Morgan fingerprint density at radius 1 is 1.40 bits per heavy atom. The van der Waals surface area contributed by atoms with Crippen LogP contribution >= 0.6 is 0 Å². The van der Waals surface area contributed by atoms with Gasteiger partial charge in [-0.2, -0.15) is 0 Å². The Balaban J connectivity index is 1.66. The van der Waals surface area contributed by atoms with Crippen LogP contribution in [0.15, 0.2) is 41.1 Å². The first-order chi connectivity index (χ1) is 12.2. The third-order valence-electron chi connectivity index (χ3n) is 4.75. The van der Waals surface area contributed by atoms with Crippen molar-refractivity contribution in [1.29, 1.82) is 0 Å². The maximum atomic E-state index is 13.1. The highest BCUT2D eigenvalue weighted by molar-refractivity contribution is 5.96. The molecule has 1 unspecified atom stereocenters. The average molecular weight is 339 g/mol. The average Bonchev–Trinajstić information content (AvgIpc) is 3.22. The van der Waals surface area contributed by atoms with Gasteiger partial charge in [0.1, 0.15) is 5.58 Å². The molecule has 1 atom stereocenters. The molecule has 1 aliphatic heterocycles. The number of nitrogens with zero attached hydrogens (tertiary/aromatic N) is 3. The van der Waals surface area contributed by atoms with Crippen molar-refractivity contribution in [3.05, 3.63) is 53.8 Å². The predicted molar refractivity (Wildman–Crippen MR) is 93.3 cm³/mol. The lowest BCUT2D eigenvalue weighted by atomic mass is 10.0. The molecule has 25 heavy (non-hydrogen) atoms. The summed E-state index contributed by atoms with van der Waals surface area (Å²) in [5, 5.41) is 0.933. The molecule has 2 aromatic heterocycles. The summed E-state index contributed by atoms with van der Waals surface area (Å²) in [4.78, 5) is 19.4. The van der Waals surface area contributed by atoms with E-state index in [0.717, 1.165) is 23.1 Å². The van der Waals surface area contributed by atoms with Crippen LogP contribution in [0.3, 0.4) is 0 Å². The fraction of sp³-hybridized carbons (Fsp3) is 0.368. The van der Waals surface area contributed by atoms with Crippen molar-refractivity contribution in [3.8, 4) is 0 Å². The number of imidazole rings is 1. The summed E-state index contributed by atoms with van der Waals surface area (Å²) in [6.45, 7) is 3.57. The molecule has 3 aromatic rings. The van der Waals surface area contributed by atoms with Crippen LogP contribution in [-0.4, -0.2) is 39.6 Å². The highest BCUT2D eigenvalue weighted by atomic mass is 16.5. The summed E-state index contributed by atoms with van der Waals surface area (Å²) in [7, 11) is 1.99. The number of fused-ring (bicyclic) bond motifs is 2. The molecule has 6 nitrogen and oxygen atoms in total. The zero-order chi connectivity index (χ0) is 17.4. The molecule has 0 saturated carbocycles. The van der Waals surface area contributed by atoms with Crippen LogP contribution in [0.4, 0.5) is 0 Å². The molecule has 0 bridgehead atoms. The van der Waals surface area contributed by atoms with E-state index in [9.17, 15) is 4.79 Å². The standard InChI is InChI=1S/C19H21N3O3/c1-3-24-11-14-9-16-15(20-12-21(16)2)10-22(14)19(23)18-8-13-6-4-5-7-17(13)25-18/h4-8,12,14H,3,9-11H2,1-2H3. The van der Waals surface area contributed by atoms with Gasteiger partial charge in [-0.25, -0.2) is 4.98 Å². The van der Waals surface area contributed by atoms with Crippen LogP contribution in [0.25, 0.3) is 11.0 Å². The fourth-order valence-electron chi connectivity index (χ4n) is 3.39. The molecule has 0 radical (unpaired) electrons. The van der Waals surface area contributed by atoms with Gasteiger partial charge in [0, 0.05) is 31.2 Å². The second-order valence-corrected chi connectivity index (χ2v) is 6.35. The predicted octanol–water partition coefficient (Wildman–Crippen LogP) is 2.77. The van der Waals surface area contributed by atoms with Crippen LogP contribution in [0, 0.1) is 0 Å². The molecule has 0 spiro atoms. The lowest BCUT2D eigenvalue weighted by molar-refractivity contribution is 0.0364. The fourth-order valence-corrected chi connectivity index (χ4v) is 3.39. The van der Waals surface area contributed by atoms with Gasteiger partial charge < -0.3 is 18.6 Å². The van der Waals surface area contributed by atoms with E-state index in [4.69, 9.17) is 9.15 Å². The third-order valence-corrected chi connectivity index (χ3v) is 4.75. The van der Waals surface area contributed by atoms with E-state index < -0.39 is 0 Å². The molecule has 1 aliphatic rings. The summed E-state index contributed by atoms with van der Waals surface area (Å²) >= 11 is 0. The molecule has 0 aliphatic carbocycles. The molecule has 1 aromatic carbocycles. The van der Waals surface area contributed by atoms with Gasteiger partial charge in [0.15, 0.2) is 5.76 Å². The normalized spacial score (nSPS) is 17.0. The van der Waals surface area contributed by atoms with E-state index in [2.05, 4.69) is 4.98 Å². The SMILES string of the molecule is CCOCC1Cc2c(ncn2C)CN1C(=O)c1cc2ccccc2o1. The minimum Gasteiger partial charge on any atom is -0.451 e. The van der Waals surface area contributed by atoms with Crippen molar-refractivity contribution in [2.75, 3.05) is 13.2 Å². The van der Waals surface area contributed by atoms with E-state index in [0.29, 0.717) is 25.5 Å². The highest BCUT2D eigenvalue weighted by Crippen LogP contribution is 2.26. The summed E-state index contributed by atoms with van der Waals surface area (Å²) in [5.41, 5.74) is 2.83. The van der Waals surface area contributed by atoms with Crippen LogP contribution in [0.5, 0.6) is 0 Å². The summed E-state index contributed by atoms with van der Waals surface area (Å²) in [5.74, 6) is 0.249. The van der Waals surface area contributed by atoms with Gasteiger partial charge in [-0.3, -0.25) is 4.79 Å². The molecule has 1 amide bonds. The number of ether oxygens (including phenoxy) is 1. The summed E-state index contributed by atoms with van der Waals surface area (Å²) in [6.07, 6.45) is 2.54. The topological polar surface area (TPSA) is 60.5 Å². The van der Waals surface area contributed by atoms with E-state index >= 15 is 0 Å². The number of rotatable bonds is 4. The third kappa shape index (κ3) is 2.82. The maximum Gasteiger partial charge on any atom is 0.290 e. The van der Waals surface area contributed by atoms with E-state index in [1.54, 1.807) is 6.33 Å². The van der Waals surface area contributed by atoms with Crippen molar-refractivity contribution < 1.29 is 13.9 Å². The number of aryl methyl sites for hydroxylation is 1. The molecule has 3 heterocycles. The van der Waals surface area contributed by atoms with Gasteiger partial charge in [-0.15, -0.1) is 0 Å². The van der Waals surface area contributed by atoms with Gasteiger partial charge in [0.2, 0.25) is 0 Å². The molecule has 0 fully saturated rings. The Morgan fingerprint density at radius 2 is 2.24 bits per heavy atom. The van der Waals surface area contributed by atoms with Gasteiger partial charge in [-0.05, 0) is 19.1 Å². The Kier molecular flexibility index (Phi) is 4.05. The van der Waals surface area contributed by atoms with Crippen LogP contribution in [0.2, 0.25) is 0 Å². The van der Waals surface area contributed by atoms with Crippen LogP contribution in [-0.2, 0) is 24.8 Å². The van der Waals surface area contributed by atoms with Gasteiger partial charge in [0.25, 0.3) is 5.91 Å². The molecule has 6 heteroatoms. The Hall–Kier alpha value is -2.60. The quantitative estimate of drug-likeness (QED) is 0.733.